The summed E-state index contributed by atoms with van der Waals surface area (Å²) < 4.78 is 23.8. The van der Waals surface area contributed by atoms with E-state index in [2.05, 4.69) is 20.9 Å². The SMILES string of the molecule is CN=C(NCCOc1cccc(F)c1)NCC(C)(C)NC(=O)OC(C)(C)C.I. The normalized spacial score (nSPS) is 11.9. The molecule has 0 bridgehead atoms. The number of benzene rings is 1. The highest BCUT2D eigenvalue weighted by molar-refractivity contribution is 14.0. The predicted octanol–water partition coefficient (Wildman–Crippen LogP) is 3.29. The number of carbonyl (C=O) groups excluding carboxylic acids is 1. The van der Waals surface area contributed by atoms with Crippen molar-refractivity contribution < 1.29 is 18.7 Å². The van der Waals surface area contributed by atoms with Crippen molar-refractivity contribution in [3.63, 3.8) is 0 Å². The van der Waals surface area contributed by atoms with Crippen LogP contribution in [0, 0.1) is 5.82 Å². The van der Waals surface area contributed by atoms with Crippen LogP contribution in [-0.2, 0) is 4.74 Å². The number of amides is 1. The zero-order valence-corrected chi connectivity index (χ0v) is 19.7. The standard InChI is InChI=1S/C19H31FN4O3.HI/c1-18(2,3)27-17(25)24-19(4,5)13-23-16(21-6)22-10-11-26-15-9-7-8-14(20)12-15;/h7-9,12H,10-11,13H2,1-6H3,(H,24,25)(H2,21,22,23);1H. The number of aliphatic imine (C=N–C) groups is 1. The first-order valence-corrected chi connectivity index (χ1v) is 8.85. The molecule has 1 amide bonds. The van der Waals surface area contributed by atoms with Crippen molar-refractivity contribution in [3.8, 4) is 5.75 Å². The molecule has 0 radical (unpaired) electrons. The summed E-state index contributed by atoms with van der Waals surface area (Å²) in [5, 5.41) is 9.05. The number of nitrogens with one attached hydrogen (secondary N) is 3. The Bertz CT molecular complexity index is 648. The fraction of sp³-hybridized carbons (Fsp3) is 0.579. The molecule has 7 nitrogen and oxygen atoms in total. The smallest absolute Gasteiger partial charge is 0.408 e. The van der Waals surface area contributed by atoms with E-state index in [0.717, 1.165) is 0 Å². The molecule has 0 aliphatic carbocycles. The van der Waals surface area contributed by atoms with E-state index in [4.69, 9.17) is 9.47 Å². The molecule has 3 N–H and O–H groups in total. The van der Waals surface area contributed by atoms with Crippen LogP contribution in [-0.4, -0.2) is 49.9 Å². The molecule has 1 aromatic carbocycles. The first-order valence-electron chi connectivity index (χ1n) is 8.85. The molecule has 160 valence electrons. The van der Waals surface area contributed by atoms with E-state index in [0.29, 0.717) is 31.4 Å². The fourth-order valence-corrected chi connectivity index (χ4v) is 2.04. The minimum atomic E-state index is -0.549. The number of rotatable bonds is 7. The molecule has 0 aliphatic rings. The van der Waals surface area contributed by atoms with Crippen molar-refractivity contribution in [3.05, 3.63) is 30.1 Å². The van der Waals surface area contributed by atoms with Crippen LogP contribution >= 0.6 is 24.0 Å². The number of carbonyl (C=O) groups is 1. The van der Waals surface area contributed by atoms with Gasteiger partial charge in [0.25, 0.3) is 0 Å². The Morgan fingerprint density at radius 2 is 1.86 bits per heavy atom. The second-order valence-electron chi connectivity index (χ2n) is 7.67. The van der Waals surface area contributed by atoms with E-state index < -0.39 is 17.2 Å². The largest absolute Gasteiger partial charge is 0.492 e. The summed E-state index contributed by atoms with van der Waals surface area (Å²) in [6, 6.07) is 5.99. The zero-order valence-electron chi connectivity index (χ0n) is 17.4. The number of nitrogens with zero attached hydrogens (tertiary/aromatic N) is 1. The second-order valence-corrected chi connectivity index (χ2v) is 7.67. The van der Waals surface area contributed by atoms with E-state index in [1.165, 1.54) is 12.1 Å². The minimum absolute atomic E-state index is 0. The summed E-state index contributed by atoms with van der Waals surface area (Å²) in [6.07, 6.45) is -0.472. The maximum atomic E-state index is 13.1. The molecule has 0 heterocycles. The molecule has 0 spiro atoms. The van der Waals surface area contributed by atoms with Crippen molar-refractivity contribution in [2.75, 3.05) is 26.7 Å². The number of hydrogen-bond acceptors (Lipinski definition) is 4. The molecule has 0 saturated heterocycles. The summed E-state index contributed by atoms with van der Waals surface area (Å²) in [7, 11) is 1.65. The van der Waals surface area contributed by atoms with Crippen LogP contribution in [0.5, 0.6) is 5.75 Å². The van der Waals surface area contributed by atoms with Crippen molar-refractivity contribution in [1.29, 1.82) is 0 Å². The van der Waals surface area contributed by atoms with Gasteiger partial charge < -0.3 is 25.4 Å². The van der Waals surface area contributed by atoms with Crippen LogP contribution in [0.25, 0.3) is 0 Å². The topological polar surface area (TPSA) is 84.0 Å². The number of hydrogen-bond donors (Lipinski definition) is 3. The molecule has 0 fully saturated rings. The lowest BCUT2D eigenvalue weighted by atomic mass is 10.1. The van der Waals surface area contributed by atoms with E-state index in [-0.39, 0.29) is 29.8 Å². The number of ether oxygens (including phenoxy) is 2. The summed E-state index contributed by atoms with van der Waals surface area (Å²) in [5.74, 6) is 0.706. The molecule has 1 aromatic rings. The van der Waals surface area contributed by atoms with Gasteiger partial charge in [-0.25, -0.2) is 9.18 Å². The van der Waals surface area contributed by atoms with Crippen LogP contribution in [0.15, 0.2) is 29.3 Å². The van der Waals surface area contributed by atoms with Gasteiger partial charge in [-0.3, -0.25) is 4.99 Å². The molecule has 0 unspecified atom stereocenters. The Morgan fingerprint density at radius 3 is 2.43 bits per heavy atom. The summed E-state index contributed by atoms with van der Waals surface area (Å²) in [5.41, 5.74) is -1.09. The molecule has 9 heteroatoms. The van der Waals surface area contributed by atoms with Gasteiger partial charge in [0.2, 0.25) is 0 Å². The van der Waals surface area contributed by atoms with Crippen LogP contribution in [0.4, 0.5) is 9.18 Å². The monoisotopic (exact) mass is 510 g/mol. The summed E-state index contributed by atoms with van der Waals surface area (Å²) >= 11 is 0. The average molecular weight is 510 g/mol. The van der Waals surface area contributed by atoms with E-state index in [1.807, 2.05) is 34.6 Å². The van der Waals surface area contributed by atoms with E-state index >= 15 is 0 Å². The van der Waals surface area contributed by atoms with Gasteiger partial charge in [0.05, 0.1) is 12.1 Å². The van der Waals surface area contributed by atoms with Crippen LogP contribution < -0.4 is 20.7 Å². The first kappa shape index (κ1) is 26.2. The lowest BCUT2D eigenvalue weighted by Gasteiger charge is -2.29. The second kappa shape index (κ2) is 11.9. The van der Waals surface area contributed by atoms with Crippen LogP contribution in [0.1, 0.15) is 34.6 Å². The molecule has 0 aliphatic heterocycles. The Kier molecular flexibility index (Phi) is 11.2. The third-order valence-corrected chi connectivity index (χ3v) is 3.22. The molecule has 0 saturated carbocycles. The van der Waals surface area contributed by atoms with Gasteiger partial charge in [-0.15, -0.1) is 24.0 Å². The molecular formula is C19H32FIN4O3. The lowest BCUT2D eigenvalue weighted by Crippen LogP contribution is -2.54. The minimum Gasteiger partial charge on any atom is -0.492 e. The van der Waals surface area contributed by atoms with Gasteiger partial charge in [0.1, 0.15) is 23.8 Å². The molecular weight excluding hydrogens is 478 g/mol. The zero-order chi connectivity index (χ0) is 20.5. The van der Waals surface area contributed by atoms with Crippen molar-refractivity contribution >= 4 is 36.0 Å². The van der Waals surface area contributed by atoms with Gasteiger partial charge in [0.15, 0.2) is 5.96 Å². The molecule has 0 atom stereocenters. The molecule has 1 rings (SSSR count). The van der Waals surface area contributed by atoms with Gasteiger partial charge >= 0.3 is 6.09 Å². The number of halogens is 2. The number of alkyl carbamates (subject to hydrolysis) is 1. The fourth-order valence-electron chi connectivity index (χ4n) is 2.04. The van der Waals surface area contributed by atoms with Crippen molar-refractivity contribution in [2.24, 2.45) is 4.99 Å². The van der Waals surface area contributed by atoms with E-state index in [1.54, 1.807) is 19.2 Å². The highest BCUT2D eigenvalue weighted by Gasteiger charge is 2.24. The average Bonchev–Trinajstić information content (AvgIpc) is 2.51. The van der Waals surface area contributed by atoms with Crippen molar-refractivity contribution in [1.82, 2.24) is 16.0 Å². The first-order chi connectivity index (χ1) is 12.5. The molecule has 0 aromatic heterocycles. The number of guanidine groups is 1. The van der Waals surface area contributed by atoms with Crippen LogP contribution in [0.3, 0.4) is 0 Å². The predicted molar refractivity (Wildman–Crippen MR) is 120 cm³/mol. The third-order valence-electron chi connectivity index (χ3n) is 3.22. The maximum Gasteiger partial charge on any atom is 0.408 e. The van der Waals surface area contributed by atoms with Gasteiger partial charge in [-0.2, -0.15) is 0 Å². The van der Waals surface area contributed by atoms with Crippen LogP contribution in [0.2, 0.25) is 0 Å². The third kappa shape index (κ3) is 11.8. The van der Waals surface area contributed by atoms with Crippen molar-refractivity contribution in [2.45, 2.75) is 45.8 Å². The van der Waals surface area contributed by atoms with Gasteiger partial charge in [-0.05, 0) is 46.8 Å². The maximum absolute atomic E-state index is 13.1. The Labute approximate surface area is 183 Å². The molecule has 28 heavy (non-hydrogen) atoms. The summed E-state index contributed by atoms with van der Waals surface area (Å²) in [6.45, 7) is 10.5. The van der Waals surface area contributed by atoms with E-state index in [9.17, 15) is 9.18 Å². The summed E-state index contributed by atoms with van der Waals surface area (Å²) in [4.78, 5) is 16.0. The Morgan fingerprint density at radius 1 is 1.18 bits per heavy atom. The lowest BCUT2D eigenvalue weighted by molar-refractivity contribution is 0.0474. The van der Waals surface area contributed by atoms with Gasteiger partial charge in [-0.1, -0.05) is 6.07 Å². The quantitative estimate of drug-likeness (QED) is 0.227. The Balaban J connectivity index is 0.00000729. The highest BCUT2D eigenvalue weighted by Crippen LogP contribution is 2.11. The Hall–Kier alpha value is -1.78. The van der Waals surface area contributed by atoms with Gasteiger partial charge in [0, 0.05) is 19.7 Å². The highest BCUT2D eigenvalue weighted by atomic mass is 127.